The highest BCUT2D eigenvalue weighted by atomic mass is 16.3. The van der Waals surface area contributed by atoms with Crippen molar-refractivity contribution in [3.8, 4) is 0 Å². The first kappa shape index (κ1) is 14.3. The number of rotatable bonds is 4. The summed E-state index contributed by atoms with van der Waals surface area (Å²) in [7, 11) is 0. The average Bonchev–Trinajstić information content (AvgIpc) is 3.25. The summed E-state index contributed by atoms with van der Waals surface area (Å²) in [5.41, 5.74) is 4.91. The summed E-state index contributed by atoms with van der Waals surface area (Å²) in [4.78, 5) is 2.53. The Morgan fingerprint density at radius 2 is 2.04 bits per heavy atom. The average molecular weight is 306 g/mol. The van der Waals surface area contributed by atoms with E-state index in [0.717, 1.165) is 25.2 Å². The number of hydrogen-bond acceptors (Lipinski definition) is 3. The summed E-state index contributed by atoms with van der Waals surface area (Å²) in [5, 5.41) is 4.67. The molecule has 3 aromatic rings. The first-order valence-corrected chi connectivity index (χ1v) is 8.31. The molecule has 1 N–H and O–H groups in total. The van der Waals surface area contributed by atoms with Gasteiger partial charge in [0.25, 0.3) is 0 Å². The molecule has 0 spiro atoms. The SMILES string of the molecule is Cc1ccccc1N(Cc1cccc2ccoc12)[C@@H]1CCNC1. The summed E-state index contributed by atoms with van der Waals surface area (Å²) in [6, 6.07) is 17.6. The molecule has 23 heavy (non-hydrogen) atoms. The highest BCUT2D eigenvalue weighted by Crippen LogP contribution is 2.29. The molecule has 0 bridgehead atoms. The first-order chi connectivity index (χ1) is 11.3. The predicted octanol–water partition coefficient (Wildman–Crippen LogP) is 4.11. The molecule has 0 aliphatic carbocycles. The number of furan rings is 1. The molecule has 1 aliphatic rings. The van der Waals surface area contributed by atoms with Crippen molar-refractivity contribution in [2.45, 2.75) is 25.9 Å². The van der Waals surface area contributed by atoms with Crippen LogP contribution in [0.4, 0.5) is 5.69 Å². The number of para-hydroxylation sites is 2. The van der Waals surface area contributed by atoms with Crippen LogP contribution in [-0.4, -0.2) is 19.1 Å². The fourth-order valence-corrected chi connectivity index (χ4v) is 3.57. The second-order valence-corrected chi connectivity index (χ2v) is 6.32. The van der Waals surface area contributed by atoms with E-state index in [1.807, 2.05) is 6.07 Å². The maximum atomic E-state index is 5.74. The van der Waals surface area contributed by atoms with E-state index in [2.05, 4.69) is 59.6 Å². The number of hydrogen-bond donors (Lipinski definition) is 1. The largest absolute Gasteiger partial charge is 0.464 e. The topological polar surface area (TPSA) is 28.4 Å². The number of anilines is 1. The molecule has 4 rings (SSSR count). The molecule has 0 saturated carbocycles. The summed E-state index contributed by atoms with van der Waals surface area (Å²) >= 11 is 0. The van der Waals surface area contributed by atoms with Gasteiger partial charge < -0.3 is 14.6 Å². The summed E-state index contributed by atoms with van der Waals surface area (Å²) in [6.07, 6.45) is 2.96. The van der Waals surface area contributed by atoms with Crippen LogP contribution in [0.15, 0.2) is 59.2 Å². The Labute approximate surface area is 136 Å². The van der Waals surface area contributed by atoms with Crippen LogP contribution in [0.1, 0.15) is 17.5 Å². The smallest absolute Gasteiger partial charge is 0.138 e. The van der Waals surface area contributed by atoms with Gasteiger partial charge in [-0.2, -0.15) is 0 Å². The second-order valence-electron chi connectivity index (χ2n) is 6.32. The Hall–Kier alpha value is -2.26. The van der Waals surface area contributed by atoms with Crippen LogP contribution in [0.5, 0.6) is 0 Å². The van der Waals surface area contributed by atoms with Crippen molar-refractivity contribution in [1.29, 1.82) is 0 Å². The van der Waals surface area contributed by atoms with Crippen molar-refractivity contribution < 1.29 is 4.42 Å². The monoisotopic (exact) mass is 306 g/mol. The normalized spacial score (nSPS) is 17.7. The maximum absolute atomic E-state index is 5.74. The summed E-state index contributed by atoms with van der Waals surface area (Å²) < 4.78 is 5.74. The highest BCUT2D eigenvalue weighted by molar-refractivity contribution is 5.80. The molecule has 1 aromatic heterocycles. The van der Waals surface area contributed by atoms with E-state index in [-0.39, 0.29) is 0 Å². The zero-order valence-corrected chi connectivity index (χ0v) is 13.5. The highest BCUT2D eigenvalue weighted by Gasteiger charge is 2.24. The molecule has 0 radical (unpaired) electrons. The molecule has 1 atom stereocenters. The van der Waals surface area contributed by atoms with Crippen molar-refractivity contribution in [2.75, 3.05) is 18.0 Å². The lowest BCUT2D eigenvalue weighted by atomic mass is 10.1. The van der Waals surface area contributed by atoms with Crippen molar-refractivity contribution in [1.82, 2.24) is 5.32 Å². The first-order valence-electron chi connectivity index (χ1n) is 8.31. The van der Waals surface area contributed by atoms with Gasteiger partial charge in [-0.3, -0.25) is 0 Å². The van der Waals surface area contributed by atoms with Crippen LogP contribution in [0, 0.1) is 6.92 Å². The van der Waals surface area contributed by atoms with Gasteiger partial charge in [0.1, 0.15) is 5.58 Å². The minimum absolute atomic E-state index is 0.529. The lowest BCUT2D eigenvalue weighted by Crippen LogP contribution is -2.36. The molecule has 1 saturated heterocycles. The molecule has 1 fully saturated rings. The van der Waals surface area contributed by atoms with Gasteiger partial charge in [0, 0.05) is 35.8 Å². The lowest BCUT2D eigenvalue weighted by molar-refractivity contribution is 0.597. The molecule has 1 aliphatic heterocycles. The van der Waals surface area contributed by atoms with E-state index in [1.54, 1.807) is 6.26 Å². The van der Waals surface area contributed by atoms with Crippen LogP contribution < -0.4 is 10.2 Å². The predicted molar refractivity (Wildman–Crippen MR) is 94.9 cm³/mol. The molecule has 0 unspecified atom stereocenters. The molecule has 0 amide bonds. The zero-order chi connectivity index (χ0) is 15.6. The Morgan fingerprint density at radius 3 is 2.87 bits per heavy atom. The van der Waals surface area contributed by atoms with Crippen molar-refractivity contribution in [3.05, 3.63) is 65.9 Å². The third-order valence-corrected chi connectivity index (χ3v) is 4.80. The minimum Gasteiger partial charge on any atom is -0.464 e. The van der Waals surface area contributed by atoms with E-state index in [4.69, 9.17) is 4.42 Å². The van der Waals surface area contributed by atoms with Gasteiger partial charge in [0.05, 0.1) is 6.26 Å². The van der Waals surface area contributed by atoms with E-state index in [9.17, 15) is 0 Å². The molecule has 3 nitrogen and oxygen atoms in total. The Morgan fingerprint density at radius 1 is 1.13 bits per heavy atom. The van der Waals surface area contributed by atoms with E-state index >= 15 is 0 Å². The van der Waals surface area contributed by atoms with Gasteiger partial charge in [-0.15, -0.1) is 0 Å². The second kappa shape index (κ2) is 6.09. The standard InChI is InChI=1S/C20H22N2O/c1-15-5-2-3-8-19(15)22(18-9-11-21-13-18)14-17-7-4-6-16-10-12-23-20(16)17/h2-8,10,12,18,21H,9,11,13-14H2,1H3/t18-/m1/s1. The van der Waals surface area contributed by atoms with Gasteiger partial charge in [-0.25, -0.2) is 0 Å². The number of benzene rings is 2. The van der Waals surface area contributed by atoms with Gasteiger partial charge in [0.15, 0.2) is 0 Å². The Balaban J connectivity index is 1.73. The Bertz CT molecular complexity index is 802. The molecule has 3 heteroatoms. The van der Waals surface area contributed by atoms with Crippen molar-refractivity contribution >= 4 is 16.7 Å². The van der Waals surface area contributed by atoms with Crippen LogP contribution in [0.3, 0.4) is 0 Å². The van der Waals surface area contributed by atoms with Crippen LogP contribution in [0.25, 0.3) is 11.0 Å². The van der Waals surface area contributed by atoms with Gasteiger partial charge in [-0.1, -0.05) is 36.4 Å². The number of nitrogens with zero attached hydrogens (tertiary/aromatic N) is 1. The lowest BCUT2D eigenvalue weighted by Gasteiger charge is -2.32. The number of fused-ring (bicyclic) bond motifs is 1. The zero-order valence-electron chi connectivity index (χ0n) is 13.5. The van der Waals surface area contributed by atoms with Crippen molar-refractivity contribution in [2.24, 2.45) is 0 Å². The quantitative estimate of drug-likeness (QED) is 0.786. The van der Waals surface area contributed by atoms with Crippen LogP contribution >= 0.6 is 0 Å². The van der Waals surface area contributed by atoms with Gasteiger partial charge in [-0.05, 0) is 37.6 Å². The molecule has 2 aromatic carbocycles. The van der Waals surface area contributed by atoms with E-state index in [1.165, 1.54) is 28.6 Å². The Kier molecular flexibility index (Phi) is 3.80. The summed E-state index contributed by atoms with van der Waals surface area (Å²) in [5.74, 6) is 0. The van der Waals surface area contributed by atoms with Gasteiger partial charge >= 0.3 is 0 Å². The third-order valence-electron chi connectivity index (χ3n) is 4.80. The van der Waals surface area contributed by atoms with Crippen LogP contribution in [0.2, 0.25) is 0 Å². The molecular formula is C20H22N2O. The number of aryl methyl sites for hydroxylation is 1. The molecule has 2 heterocycles. The van der Waals surface area contributed by atoms with Crippen LogP contribution in [-0.2, 0) is 6.54 Å². The van der Waals surface area contributed by atoms with Crippen molar-refractivity contribution in [3.63, 3.8) is 0 Å². The maximum Gasteiger partial charge on any atom is 0.138 e. The van der Waals surface area contributed by atoms with E-state index < -0.39 is 0 Å². The van der Waals surface area contributed by atoms with E-state index in [0.29, 0.717) is 6.04 Å². The fourth-order valence-electron chi connectivity index (χ4n) is 3.57. The third kappa shape index (κ3) is 2.73. The molecular weight excluding hydrogens is 284 g/mol. The van der Waals surface area contributed by atoms with Gasteiger partial charge in [0.2, 0.25) is 0 Å². The fraction of sp³-hybridized carbons (Fsp3) is 0.300. The minimum atomic E-state index is 0.529. The number of nitrogens with one attached hydrogen (secondary N) is 1. The summed E-state index contributed by atoms with van der Waals surface area (Å²) in [6.45, 7) is 5.21. The molecule has 118 valence electrons.